The molecule has 2 amide bonds. The maximum Gasteiger partial charge on any atom is 0.242 e. The maximum atomic E-state index is 14.1. The van der Waals surface area contributed by atoms with Crippen molar-refractivity contribution in [3.8, 4) is 0 Å². The smallest absolute Gasteiger partial charge is 0.242 e. The second-order valence-electron chi connectivity index (χ2n) is 7.32. The molecular formula is C22H27F2N3O4S. The quantitative estimate of drug-likeness (QED) is 0.582. The van der Waals surface area contributed by atoms with E-state index in [2.05, 4.69) is 5.32 Å². The summed E-state index contributed by atoms with van der Waals surface area (Å²) in [5, 5.41) is 2.48. The molecule has 0 saturated heterocycles. The Morgan fingerprint density at radius 1 is 1.06 bits per heavy atom. The number of amides is 2. The number of sulfonamides is 1. The number of carbonyl (C=O) groups is 2. The number of likely N-dealkylation sites (N-methyl/N-ethyl adjacent to an activating group) is 1. The lowest BCUT2D eigenvalue weighted by molar-refractivity contribution is -0.140. The standard InChI is InChI=1S/C22H27F2N3O4S/c1-16(22(29)25-2)26(15-17-7-4-5-8-20(17)24)21(28)9-6-14-27(32(3,30)31)19-12-10-18(23)11-13-19/h4-5,7-8,10-13,16H,6,9,14-15H2,1-3H3,(H,25,29)/t16-/m1/s1. The third kappa shape index (κ3) is 6.74. The SMILES string of the molecule is CNC(=O)[C@@H](C)N(Cc1ccccc1F)C(=O)CCCN(c1ccc(F)cc1)S(C)(=O)=O. The molecule has 174 valence electrons. The summed E-state index contributed by atoms with van der Waals surface area (Å²) >= 11 is 0. The molecule has 2 aromatic rings. The van der Waals surface area contributed by atoms with Crippen molar-refractivity contribution in [1.82, 2.24) is 10.2 Å². The molecule has 7 nitrogen and oxygen atoms in total. The first-order valence-electron chi connectivity index (χ1n) is 10.0. The van der Waals surface area contributed by atoms with Gasteiger partial charge in [0.1, 0.15) is 17.7 Å². The van der Waals surface area contributed by atoms with Gasteiger partial charge < -0.3 is 10.2 Å². The predicted octanol–water partition coefficient (Wildman–Crippen LogP) is 2.67. The Labute approximate surface area is 187 Å². The van der Waals surface area contributed by atoms with Gasteiger partial charge in [-0.05, 0) is 43.7 Å². The first kappa shape index (κ1) is 25.3. The van der Waals surface area contributed by atoms with E-state index in [4.69, 9.17) is 0 Å². The lowest BCUT2D eigenvalue weighted by Crippen LogP contribution is -2.47. The van der Waals surface area contributed by atoms with E-state index >= 15 is 0 Å². The normalized spacial score (nSPS) is 12.2. The van der Waals surface area contributed by atoms with Crippen LogP contribution in [0, 0.1) is 11.6 Å². The Morgan fingerprint density at radius 2 is 1.69 bits per heavy atom. The van der Waals surface area contributed by atoms with Crippen molar-refractivity contribution in [3.63, 3.8) is 0 Å². The van der Waals surface area contributed by atoms with Crippen molar-refractivity contribution in [1.29, 1.82) is 0 Å². The Hall–Kier alpha value is -3.01. The largest absolute Gasteiger partial charge is 0.357 e. The molecule has 32 heavy (non-hydrogen) atoms. The summed E-state index contributed by atoms with van der Waals surface area (Å²) in [6, 6.07) is 10.1. The van der Waals surface area contributed by atoms with Gasteiger partial charge in [0, 0.05) is 32.1 Å². The van der Waals surface area contributed by atoms with Crippen LogP contribution in [-0.2, 0) is 26.2 Å². The number of halogens is 2. The van der Waals surface area contributed by atoms with Gasteiger partial charge in [-0.2, -0.15) is 0 Å². The van der Waals surface area contributed by atoms with Crippen LogP contribution in [0.2, 0.25) is 0 Å². The first-order valence-corrected chi connectivity index (χ1v) is 11.9. The van der Waals surface area contributed by atoms with Crippen molar-refractivity contribution in [2.75, 3.05) is 24.2 Å². The summed E-state index contributed by atoms with van der Waals surface area (Å²) in [5.74, 6) is -1.81. The molecule has 10 heteroatoms. The molecule has 0 radical (unpaired) electrons. The third-order valence-electron chi connectivity index (χ3n) is 4.98. The lowest BCUT2D eigenvalue weighted by atomic mass is 10.1. The molecular weight excluding hydrogens is 440 g/mol. The molecule has 2 aromatic carbocycles. The zero-order chi connectivity index (χ0) is 23.9. The molecule has 0 heterocycles. The van der Waals surface area contributed by atoms with Gasteiger partial charge in [0.25, 0.3) is 0 Å². The fraction of sp³-hybridized carbons (Fsp3) is 0.364. The molecule has 0 aliphatic rings. The summed E-state index contributed by atoms with van der Waals surface area (Å²) in [5.41, 5.74) is 0.545. The first-order chi connectivity index (χ1) is 15.0. The number of benzene rings is 2. The third-order valence-corrected chi connectivity index (χ3v) is 6.17. The molecule has 0 spiro atoms. The van der Waals surface area contributed by atoms with Crippen LogP contribution in [0.15, 0.2) is 48.5 Å². The molecule has 2 rings (SSSR count). The average molecular weight is 468 g/mol. The van der Waals surface area contributed by atoms with Gasteiger partial charge >= 0.3 is 0 Å². The molecule has 0 unspecified atom stereocenters. The minimum atomic E-state index is -3.66. The highest BCUT2D eigenvalue weighted by Crippen LogP contribution is 2.20. The predicted molar refractivity (Wildman–Crippen MR) is 118 cm³/mol. The summed E-state index contributed by atoms with van der Waals surface area (Å²) in [6.45, 7) is 1.42. The molecule has 1 N–H and O–H groups in total. The Kier molecular flexibility index (Phi) is 8.71. The molecule has 0 aliphatic heterocycles. The zero-order valence-corrected chi connectivity index (χ0v) is 19.0. The highest BCUT2D eigenvalue weighted by Gasteiger charge is 2.26. The van der Waals surface area contributed by atoms with Gasteiger partial charge in [0.15, 0.2) is 0 Å². The highest BCUT2D eigenvalue weighted by molar-refractivity contribution is 7.92. The van der Waals surface area contributed by atoms with E-state index in [0.717, 1.165) is 22.7 Å². The summed E-state index contributed by atoms with van der Waals surface area (Å²) in [7, 11) is -2.22. The van der Waals surface area contributed by atoms with Crippen LogP contribution in [0.1, 0.15) is 25.3 Å². The Bertz CT molecular complexity index is 1050. The minimum absolute atomic E-state index is 0.0158. The molecule has 0 bridgehead atoms. The highest BCUT2D eigenvalue weighted by atomic mass is 32.2. The number of nitrogens with one attached hydrogen (secondary N) is 1. The number of nitrogens with zero attached hydrogens (tertiary/aromatic N) is 2. The second-order valence-corrected chi connectivity index (χ2v) is 9.23. The van der Waals surface area contributed by atoms with Gasteiger partial charge in [0.2, 0.25) is 21.8 Å². The molecule has 0 aromatic heterocycles. The van der Waals surface area contributed by atoms with E-state index in [0.29, 0.717) is 0 Å². The average Bonchev–Trinajstić information content (AvgIpc) is 2.75. The van der Waals surface area contributed by atoms with Crippen molar-refractivity contribution in [3.05, 3.63) is 65.7 Å². The van der Waals surface area contributed by atoms with E-state index in [-0.39, 0.29) is 37.2 Å². The summed E-state index contributed by atoms with van der Waals surface area (Å²) in [4.78, 5) is 26.3. The Morgan fingerprint density at radius 3 is 2.25 bits per heavy atom. The molecule has 0 aliphatic carbocycles. The fourth-order valence-electron chi connectivity index (χ4n) is 3.21. The van der Waals surface area contributed by atoms with Crippen molar-refractivity contribution < 1.29 is 26.8 Å². The van der Waals surface area contributed by atoms with Crippen molar-refractivity contribution in [2.24, 2.45) is 0 Å². The van der Waals surface area contributed by atoms with E-state index < -0.39 is 39.5 Å². The minimum Gasteiger partial charge on any atom is -0.357 e. The van der Waals surface area contributed by atoms with Crippen LogP contribution in [0.4, 0.5) is 14.5 Å². The van der Waals surface area contributed by atoms with E-state index in [9.17, 15) is 26.8 Å². The monoisotopic (exact) mass is 467 g/mol. The topological polar surface area (TPSA) is 86.8 Å². The summed E-state index contributed by atoms with van der Waals surface area (Å²) < 4.78 is 52.8. The second kappa shape index (κ2) is 11.0. The lowest BCUT2D eigenvalue weighted by Gasteiger charge is -2.29. The van der Waals surface area contributed by atoms with Crippen molar-refractivity contribution >= 4 is 27.5 Å². The van der Waals surface area contributed by atoms with Crippen molar-refractivity contribution in [2.45, 2.75) is 32.4 Å². The number of rotatable bonds is 10. The van der Waals surface area contributed by atoms with Crippen LogP contribution in [0.25, 0.3) is 0 Å². The molecule has 0 fully saturated rings. The number of hydrogen-bond acceptors (Lipinski definition) is 4. The maximum absolute atomic E-state index is 14.1. The van der Waals surface area contributed by atoms with Crippen LogP contribution in [0.5, 0.6) is 0 Å². The number of hydrogen-bond donors (Lipinski definition) is 1. The van der Waals surface area contributed by atoms with Gasteiger partial charge in [-0.3, -0.25) is 13.9 Å². The van der Waals surface area contributed by atoms with E-state index in [1.54, 1.807) is 13.0 Å². The van der Waals surface area contributed by atoms with Gasteiger partial charge in [-0.1, -0.05) is 18.2 Å². The van der Waals surface area contributed by atoms with Crippen LogP contribution < -0.4 is 9.62 Å². The van der Waals surface area contributed by atoms with E-state index in [1.807, 2.05) is 0 Å². The van der Waals surface area contributed by atoms with Gasteiger partial charge in [0.05, 0.1) is 11.9 Å². The van der Waals surface area contributed by atoms with Crippen LogP contribution in [0.3, 0.4) is 0 Å². The molecule has 0 saturated carbocycles. The molecule has 1 atom stereocenters. The number of anilines is 1. The zero-order valence-electron chi connectivity index (χ0n) is 18.2. The van der Waals surface area contributed by atoms with E-state index in [1.165, 1.54) is 42.3 Å². The van der Waals surface area contributed by atoms with Crippen LogP contribution >= 0.6 is 0 Å². The fourth-order valence-corrected chi connectivity index (χ4v) is 4.18. The number of carbonyl (C=O) groups excluding carboxylic acids is 2. The van der Waals surface area contributed by atoms with Gasteiger partial charge in [-0.15, -0.1) is 0 Å². The summed E-state index contributed by atoms with van der Waals surface area (Å²) in [6.07, 6.45) is 1.11. The van der Waals surface area contributed by atoms with Gasteiger partial charge in [-0.25, -0.2) is 17.2 Å². The van der Waals surface area contributed by atoms with Crippen LogP contribution in [-0.4, -0.2) is 51.0 Å². The Balaban J connectivity index is 2.14.